The minimum absolute atomic E-state index is 0.0552. The molecule has 1 atom stereocenters. The van der Waals surface area contributed by atoms with Crippen LogP contribution < -0.4 is 10.2 Å². The summed E-state index contributed by atoms with van der Waals surface area (Å²) in [6.45, 7) is 2.09. The molecule has 2 aliphatic heterocycles. The molecule has 11 nitrogen and oxygen atoms in total. The molecule has 38 heavy (non-hydrogen) atoms. The Bertz CT molecular complexity index is 1850. The van der Waals surface area contributed by atoms with Crippen LogP contribution in [-0.2, 0) is 21.5 Å². The number of nitrogens with zero attached hydrogens (tertiary/aromatic N) is 7. The van der Waals surface area contributed by atoms with Gasteiger partial charge in [0.25, 0.3) is 0 Å². The van der Waals surface area contributed by atoms with Crippen LogP contribution in [0.2, 0.25) is 0 Å². The quantitative estimate of drug-likeness (QED) is 0.387. The summed E-state index contributed by atoms with van der Waals surface area (Å²) in [5.41, 5.74) is 3.80. The summed E-state index contributed by atoms with van der Waals surface area (Å²) in [6.07, 6.45) is 2.84. The number of carbonyl (C=O) groups excluding carboxylic acids is 2. The molecule has 0 saturated heterocycles. The highest BCUT2D eigenvalue weighted by Crippen LogP contribution is 2.53. The minimum Gasteiger partial charge on any atom is -0.340 e. The number of H-pyrrole nitrogens is 1. The number of carbonyl (C=O) groups is 2. The van der Waals surface area contributed by atoms with Crippen molar-refractivity contribution in [2.24, 2.45) is 0 Å². The third-order valence-corrected chi connectivity index (χ3v) is 7.24. The lowest BCUT2D eigenvalue weighted by Gasteiger charge is -2.33. The first-order chi connectivity index (χ1) is 18.5. The van der Waals surface area contributed by atoms with Gasteiger partial charge in [0.15, 0.2) is 11.5 Å². The van der Waals surface area contributed by atoms with E-state index >= 15 is 0 Å². The van der Waals surface area contributed by atoms with Gasteiger partial charge in [0.1, 0.15) is 23.1 Å². The van der Waals surface area contributed by atoms with Gasteiger partial charge in [-0.3, -0.25) is 9.59 Å². The molecule has 0 fully saturated rings. The van der Waals surface area contributed by atoms with Crippen molar-refractivity contribution >= 4 is 34.5 Å². The Labute approximate surface area is 215 Å². The fourth-order valence-corrected chi connectivity index (χ4v) is 5.74. The first kappa shape index (κ1) is 21.9. The number of aryl methyl sites for hydroxylation is 1. The maximum atomic E-state index is 14.5. The van der Waals surface area contributed by atoms with Crippen LogP contribution >= 0.6 is 0 Å². The topological polar surface area (TPSA) is 145 Å². The van der Waals surface area contributed by atoms with Gasteiger partial charge in [-0.1, -0.05) is 30.3 Å². The highest BCUT2D eigenvalue weighted by molar-refractivity contribution is 6.16. The highest BCUT2D eigenvalue weighted by atomic mass is 16.2. The van der Waals surface area contributed by atoms with Gasteiger partial charge in [0.05, 0.1) is 30.2 Å². The lowest BCUT2D eigenvalue weighted by Crippen LogP contribution is -2.46. The SMILES string of the molecule is Cc1nn(-c2ncnc3nc[nH]c23)c2c1[C@]1(CC(=O)N2)C(=O)N(Cc2cccc(C#N)c2)c2ccccc21. The molecule has 0 unspecified atom stereocenters. The monoisotopic (exact) mass is 501 g/mol. The zero-order chi connectivity index (χ0) is 26.0. The van der Waals surface area contributed by atoms with Gasteiger partial charge in [-0.25, -0.2) is 15.0 Å². The molecule has 2 amide bonds. The van der Waals surface area contributed by atoms with Gasteiger partial charge in [-0.2, -0.15) is 15.0 Å². The van der Waals surface area contributed by atoms with E-state index in [1.54, 1.807) is 27.8 Å². The predicted octanol–water partition coefficient (Wildman–Crippen LogP) is 2.89. The second kappa shape index (κ2) is 7.81. The summed E-state index contributed by atoms with van der Waals surface area (Å²) in [5.74, 6) is 0.294. The molecule has 1 spiro atoms. The zero-order valence-electron chi connectivity index (χ0n) is 20.1. The Kier molecular flexibility index (Phi) is 4.50. The molecule has 11 heteroatoms. The number of nitrogens with one attached hydrogen (secondary N) is 2. The van der Waals surface area contributed by atoms with E-state index in [4.69, 9.17) is 5.10 Å². The Morgan fingerprint density at radius 3 is 2.84 bits per heavy atom. The normalized spacial score (nSPS) is 17.9. The molecule has 0 aliphatic carbocycles. The number of nitriles is 1. The molecule has 2 aliphatic rings. The average molecular weight is 502 g/mol. The van der Waals surface area contributed by atoms with E-state index in [-0.39, 0.29) is 24.8 Å². The zero-order valence-corrected chi connectivity index (χ0v) is 20.1. The molecule has 0 saturated carbocycles. The maximum Gasteiger partial charge on any atom is 0.243 e. The van der Waals surface area contributed by atoms with Crippen LogP contribution in [0.3, 0.4) is 0 Å². The number of aromatic amines is 1. The van der Waals surface area contributed by atoms with E-state index in [0.29, 0.717) is 39.6 Å². The van der Waals surface area contributed by atoms with Gasteiger partial charge in [0, 0.05) is 17.7 Å². The van der Waals surface area contributed by atoms with Crippen molar-refractivity contribution in [3.05, 3.63) is 89.1 Å². The fraction of sp³-hybridized carbons (Fsp3) is 0.148. The summed E-state index contributed by atoms with van der Waals surface area (Å²) in [5, 5.41) is 17.0. The lowest BCUT2D eigenvalue weighted by atomic mass is 9.70. The molecule has 3 aromatic heterocycles. The van der Waals surface area contributed by atoms with Gasteiger partial charge >= 0.3 is 0 Å². The van der Waals surface area contributed by atoms with Crippen molar-refractivity contribution in [2.45, 2.75) is 25.3 Å². The number of hydrogen-bond donors (Lipinski definition) is 2. The highest BCUT2D eigenvalue weighted by Gasteiger charge is 2.58. The van der Waals surface area contributed by atoms with Gasteiger partial charge < -0.3 is 15.2 Å². The summed E-state index contributed by atoms with van der Waals surface area (Å²) in [6, 6.07) is 16.9. The smallest absolute Gasteiger partial charge is 0.243 e. The molecular weight excluding hydrogens is 482 g/mol. The van der Waals surface area contributed by atoms with Crippen molar-refractivity contribution in [2.75, 3.05) is 10.2 Å². The molecule has 0 radical (unpaired) electrons. The minimum atomic E-state index is -1.26. The Balaban J connectivity index is 1.44. The molecular formula is C27H19N9O2. The largest absolute Gasteiger partial charge is 0.340 e. The first-order valence-electron chi connectivity index (χ1n) is 12.0. The Morgan fingerprint density at radius 1 is 1.11 bits per heavy atom. The van der Waals surface area contributed by atoms with E-state index in [9.17, 15) is 14.9 Å². The number of fused-ring (bicyclic) bond motifs is 5. The number of anilines is 2. The van der Waals surface area contributed by atoms with E-state index < -0.39 is 5.41 Å². The maximum absolute atomic E-state index is 14.5. The van der Waals surface area contributed by atoms with Gasteiger partial charge in [0.2, 0.25) is 11.8 Å². The van der Waals surface area contributed by atoms with E-state index in [1.807, 2.05) is 37.3 Å². The van der Waals surface area contributed by atoms with Gasteiger partial charge in [-0.15, -0.1) is 0 Å². The van der Waals surface area contributed by atoms with Crippen LogP contribution in [0.4, 0.5) is 11.5 Å². The number of aromatic nitrogens is 6. The molecule has 2 N–H and O–H groups in total. The second-order valence-corrected chi connectivity index (χ2v) is 9.37. The van der Waals surface area contributed by atoms with Crippen molar-refractivity contribution in [1.29, 1.82) is 5.26 Å². The summed E-state index contributed by atoms with van der Waals surface area (Å²) >= 11 is 0. The fourth-order valence-electron chi connectivity index (χ4n) is 5.74. The predicted molar refractivity (Wildman–Crippen MR) is 136 cm³/mol. The molecule has 184 valence electrons. The molecule has 2 aromatic carbocycles. The van der Waals surface area contributed by atoms with Crippen molar-refractivity contribution in [1.82, 2.24) is 29.7 Å². The van der Waals surface area contributed by atoms with E-state index in [2.05, 4.69) is 31.3 Å². The van der Waals surface area contributed by atoms with Crippen molar-refractivity contribution < 1.29 is 9.59 Å². The number of amides is 2. The number of hydrogen-bond acceptors (Lipinski definition) is 7. The summed E-state index contributed by atoms with van der Waals surface area (Å²) in [7, 11) is 0. The number of rotatable bonds is 3. The van der Waals surface area contributed by atoms with Gasteiger partial charge in [-0.05, 0) is 36.2 Å². The molecule has 5 heterocycles. The number of para-hydroxylation sites is 1. The van der Waals surface area contributed by atoms with Crippen LogP contribution in [0.25, 0.3) is 17.0 Å². The van der Waals surface area contributed by atoms with Crippen molar-refractivity contribution in [3.8, 4) is 11.9 Å². The first-order valence-corrected chi connectivity index (χ1v) is 12.0. The third-order valence-electron chi connectivity index (χ3n) is 7.24. The van der Waals surface area contributed by atoms with E-state index in [0.717, 1.165) is 16.8 Å². The second-order valence-electron chi connectivity index (χ2n) is 9.37. The van der Waals surface area contributed by atoms with E-state index in [1.165, 1.54) is 12.7 Å². The molecule has 0 bridgehead atoms. The third kappa shape index (κ3) is 2.88. The number of imidazole rings is 1. The van der Waals surface area contributed by atoms with Crippen LogP contribution in [0.15, 0.2) is 61.2 Å². The Hall–Kier alpha value is -5.37. The van der Waals surface area contributed by atoms with Crippen molar-refractivity contribution in [3.63, 3.8) is 0 Å². The van der Waals surface area contributed by atoms with Crippen LogP contribution in [-0.4, -0.2) is 41.5 Å². The van der Waals surface area contributed by atoms with Crippen LogP contribution in [0.5, 0.6) is 0 Å². The summed E-state index contributed by atoms with van der Waals surface area (Å²) in [4.78, 5) is 45.3. The standard InChI is InChI=1S/C27H19N9O2/c1-15-21-24(36(34-15)25-22-23(30-13-29-22)31-14-32-25)33-20(37)10-27(21)18-7-2-3-8-19(18)35(26(27)38)12-17-6-4-5-16(9-17)11-28/h2-9,13-14H,10,12H2,1H3,(H,33,37)(H,29,30,31,32)/t27-/m1/s1. The number of benzene rings is 2. The van der Waals surface area contributed by atoms with Crippen LogP contribution in [0.1, 0.15) is 34.4 Å². The average Bonchev–Trinajstić information content (AvgIpc) is 3.60. The van der Waals surface area contributed by atoms with Crippen LogP contribution in [0, 0.1) is 18.3 Å². The summed E-state index contributed by atoms with van der Waals surface area (Å²) < 4.78 is 1.54. The molecule has 5 aromatic rings. The lowest BCUT2D eigenvalue weighted by molar-refractivity contribution is -0.126. The molecule has 7 rings (SSSR count). The Morgan fingerprint density at radius 2 is 1.97 bits per heavy atom.